The zero-order valence-corrected chi connectivity index (χ0v) is 14.7. The van der Waals surface area contributed by atoms with Gasteiger partial charge in [0.1, 0.15) is 0 Å². The first-order valence-electron chi connectivity index (χ1n) is 9.04. The summed E-state index contributed by atoms with van der Waals surface area (Å²) < 4.78 is 5.55. The van der Waals surface area contributed by atoms with E-state index < -0.39 is 0 Å². The van der Waals surface area contributed by atoms with Crippen molar-refractivity contribution in [3.63, 3.8) is 0 Å². The summed E-state index contributed by atoms with van der Waals surface area (Å²) in [6.45, 7) is 14.5. The molecule has 0 bridgehead atoms. The number of rotatable bonds is 5. The fraction of sp³-hybridized carbons (Fsp3) is 1.00. The zero-order valence-electron chi connectivity index (χ0n) is 14.7. The molecule has 0 aromatic rings. The molecule has 2 rings (SSSR count). The monoisotopic (exact) mass is 296 g/mol. The maximum atomic E-state index is 5.55. The van der Waals surface area contributed by atoms with Gasteiger partial charge in [-0.25, -0.2) is 0 Å². The molecule has 3 heteroatoms. The van der Waals surface area contributed by atoms with Crippen molar-refractivity contribution in [2.45, 2.75) is 77.8 Å². The summed E-state index contributed by atoms with van der Waals surface area (Å²) in [5.74, 6) is 0. The van der Waals surface area contributed by atoms with Crippen LogP contribution in [0.3, 0.4) is 0 Å². The summed E-state index contributed by atoms with van der Waals surface area (Å²) in [5.41, 5.74) is 0.778. The van der Waals surface area contributed by atoms with Crippen LogP contribution in [0.25, 0.3) is 0 Å². The van der Waals surface area contributed by atoms with Gasteiger partial charge in [-0.15, -0.1) is 0 Å². The van der Waals surface area contributed by atoms with Crippen LogP contribution in [-0.4, -0.2) is 49.3 Å². The molecule has 1 saturated heterocycles. The highest BCUT2D eigenvalue weighted by atomic mass is 16.5. The second-order valence-corrected chi connectivity index (χ2v) is 8.08. The standard InChI is InChI=1S/C18H36N2O/c1-5-21-13-9-12-20-14-16(17(2,3)4)19-15-18(20)10-7-6-8-11-18/h16,19H,5-15H2,1-4H3. The van der Waals surface area contributed by atoms with Crippen LogP contribution in [-0.2, 0) is 4.74 Å². The van der Waals surface area contributed by atoms with Gasteiger partial charge >= 0.3 is 0 Å². The van der Waals surface area contributed by atoms with Crippen molar-refractivity contribution in [2.24, 2.45) is 5.41 Å². The van der Waals surface area contributed by atoms with E-state index in [4.69, 9.17) is 4.74 Å². The van der Waals surface area contributed by atoms with E-state index in [1.807, 2.05) is 0 Å². The predicted octanol–water partition coefficient (Wildman–Crippen LogP) is 3.44. The molecule has 124 valence electrons. The second kappa shape index (κ2) is 7.43. The van der Waals surface area contributed by atoms with E-state index >= 15 is 0 Å². The molecule has 1 N–H and O–H groups in total. The van der Waals surface area contributed by atoms with Gasteiger partial charge in [-0.05, 0) is 31.6 Å². The van der Waals surface area contributed by atoms with Crippen molar-refractivity contribution >= 4 is 0 Å². The highest BCUT2D eigenvalue weighted by Crippen LogP contribution is 2.37. The first-order chi connectivity index (χ1) is 9.98. The van der Waals surface area contributed by atoms with E-state index in [1.165, 1.54) is 58.2 Å². The van der Waals surface area contributed by atoms with Gasteiger partial charge in [-0.3, -0.25) is 4.90 Å². The summed E-state index contributed by atoms with van der Waals surface area (Å²) in [7, 11) is 0. The molecule has 21 heavy (non-hydrogen) atoms. The molecule has 1 aliphatic heterocycles. The topological polar surface area (TPSA) is 24.5 Å². The predicted molar refractivity (Wildman–Crippen MR) is 89.7 cm³/mol. The quantitative estimate of drug-likeness (QED) is 0.787. The number of nitrogens with zero attached hydrogens (tertiary/aromatic N) is 1. The lowest BCUT2D eigenvalue weighted by Gasteiger charge is -2.54. The summed E-state index contributed by atoms with van der Waals surface area (Å²) in [5, 5.41) is 3.88. The van der Waals surface area contributed by atoms with Crippen molar-refractivity contribution in [3.05, 3.63) is 0 Å². The third kappa shape index (κ3) is 4.43. The van der Waals surface area contributed by atoms with E-state index in [9.17, 15) is 0 Å². The molecular weight excluding hydrogens is 260 g/mol. The van der Waals surface area contributed by atoms with Crippen LogP contribution in [0.5, 0.6) is 0 Å². The Bertz CT molecular complexity index is 305. The molecule has 2 aliphatic rings. The van der Waals surface area contributed by atoms with Gasteiger partial charge in [-0.1, -0.05) is 40.0 Å². The van der Waals surface area contributed by atoms with Crippen LogP contribution in [0.15, 0.2) is 0 Å². The lowest BCUT2D eigenvalue weighted by Crippen LogP contribution is -2.67. The van der Waals surface area contributed by atoms with Crippen LogP contribution in [0, 0.1) is 5.41 Å². The third-order valence-electron chi connectivity index (χ3n) is 5.50. The second-order valence-electron chi connectivity index (χ2n) is 8.08. The zero-order chi connectivity index (χ0) is 15.3. The van der Waals surface area contributed by atoms with Crippen LogP contribution in [0.2, 0.25) is 0 Å². The van der Waals surface area contributed by atoms with Crippen molar-refractivity contribution in [1.82, 2.24) is 10.2 Å². The minimum atomic E-state index is 0.342. The Morgan fingerprint density at radius 2 is 1.90 bits per heavy atom. The highest BCUT2D eigenvalue weighted by molar-refractivity contribution is 5.02. The summed E-state index contributed by atoms with van der Waals surface area (Å²) in [6.07, 6.45) is 8.17. The van der Waals surface area contributed by atoms with E-state index in [0.717, 1.165) is 13.2 Å². The molecule has 0 radical (unpaired) electrons. The molecule has 1 spiro atoms. The lowest BCUT2D eigenvalue weighted by molar-refractivity contribution is -0.0151. The van der Waals surface area contributed by atoms with Gasteiger partial charge in [0.25, 0.3) is 0 Å². The van der Waals surface area contributed by atoms with E-state index in [-0.39, 0.29) is 0 Å². The van der Waals surface area contributed by atoms with Crippen LogP contribution >= 0.6 is 0 Å². The molecule has 1 heterocycles. The van der Waals surface area contributed by atoms with Gasteiger partial charge < -0.3 is 10.1 Å². The van der Waals surface area contributed by atoms with Gasteiger partial charge in [-0.2, -0.15) is 0 Å². The molecule has 2 fully saturated rings. The van der Waals surface area contributed by atoms with Crippen molar-refractivity contribution in [1.29, 1.82) is 0 Å². The Morgan fingerprint density at radius 1 is 1.19 bits per heavy atom. The molecule has 0 aromatic carbocycles. The Labute approximate surface area is 131 Å². The molecule has 3 nitrogen and oxygen atoms in total. The smallest absolute Gasteiger partial charge is 0.0478 e. The van der Waals surface area contributed by atoms with Crippen LogP contribution in [0.4, 0.5) is 0 Å². The lowest BCUT2D eigenvalue weighted by atomic mass is 9.75. The van der Waals surface area contributed by atoms with E-state index in [0.29, 0.717) is 17.0 Å². The van der Waals surface area contributed by atoms with Crippen LogP contribution in [0.1, 0.15) is 66.2 Å². The summed E-state index contributed by atoms with van der Waals surface area (Å²) >= 11 is 0. The molecule has 1 saturated carbocycles. The molecular formula is C18H36N2O. The average molecular weight is 296 g/mol. The van der Waals surface area contributed by atoms with E-state index in [2.05, 4.69) is 37.9 Å². The Morgan fingerprint density at radius 3 is 2.52 bits per heavy atom. The van der Waals surface area contributed by atoms with Crippen molar-refractivity contribution in [3.8, 4) is 0 Å². The fourth-order valence-corrected chi connectivity index (χ4v) is 4.02. The summed E-state index contributed by atoms with van der Waals surface area (Å²) in [6, 6.07) is 0.608. The Hall–Kier alpha value is -0.120. The maximum absolute atomic E-state index is 5.55. The normalized spacial score (nSPS) is 27.1. The molecule has 1 atom stereocenters. The molecule has 1 aliphatic carbocycles. The SMILES string of the molecule is CCOCCCN1CC(C(C)(C)C)NCC12CCCCC2. The number of ether oxygens (including phenoxy) is 1. The highest BCUT2D eigenvalue weighted by Gasteiger charge is 2.43. The number of hydrogen-bond acceptors (Lipinski definition) is 3. The minimum Gasteiger partial charge on any atom is -0.382 e. The number of nitrogens with one attached hydrogen (secondary N) is 1. The van der Waals surface area contributed by atoms with E-state index in [1.54, 1.807) is 0 Å². The maximum Gasteiger partial charge on any atom is 0.0478 e. The summed E-state index contributed by atoms with van der Waals surface area (Å²) in [4.78, 5) is 2.82. The largest absolute Gasteiger partial charge is 0.382 e. The first kappa shape index (κ1) is 17.2. The molecule has 1 unspecified atom stereocenters. The average Bonchev–Trinajstić information content (AvgIpc) is 2.45. The van der Waals surface area contributed by atoms with Gasteiger partial charge in [0.2, 0.25) is 0 Å². The third-order valence-corrected chi connectivity index (χ3v) is 5.50. The Kier molecular flexibility index (Phi) is 6.10. The van der Waals surface area contributed by atoms with Crippen LogP contribution < -0.4 is 5.32 Å². The first-order valence-corrected chi connectivity index (χ1v) is 9.04. The number of piperazine rings is 1. The minimum absolute atomic E-state index is 0.342. The van der Waals surface area contributed by atoms with Crippen molar-refractivity contribution < 1.29 is 4.74 Å². The molecule has 0 aromatic heterocycles. The van der Waals surface area contributed by atoms with Gasteiger partial charge in [0.05, 0.1) is 0 Å². The fourth-order valence-electron chi connectivity index (χ4n) is 4.02. The molecule has 0 amide bonds. The van der Waals surface area contributed by atoms with Gasteiger partial charge in [0, 0.05) is 44.4 Å². The van der Waals surface area contributed by atoms with Crippen molar-refractivity contribution in [2.75, 3.05) is 32.8 Å². The Balaban J connectivity index is 1.99. The number of hydrogen-bond donors (Lipinski definition) is 1. The van der Waals surface area contributed by atoms with Gasteiger partial charge in [0.15, 0.2) is 0 Å².